The van der Waals surface area contributed by atoms with Crippen molar-refractivity contribution in [1.29, 1.82) is 0 Å². The van der Waals surface area contributed by atoms with Crippen molar-refractivity contribution in [1.82, 2.24) is 5.32 Å². The third-order valence-electron chi connectivity index (χ3n) is 4.08. The Morgan fingerprint density at radius 2 is 1.91 bits per heavy atom. The van der Waals surface area contributed by atoms with E-state index in [1.807, 2.05) is 12.1 Å². The number of ether oxygens (including phenoxy) is 1. The molecule has 1 saturated heterocycles. The summed E-state index contributed by atoms with van der Waals surface area (Å²) in [5.74, 6) is 1.03. The van der Waals surface area contributed by atoms with Crippen LogP contribution in [0.25, 0.3) is 0 Å². The fourth-order valence-corrected chi connectivity index (χ4v) is 2.97. The molecular weight excluding hydrogens is 336 g/mol. The van der Waals surface area contributed by atoms with Gasteiger partial charge in [-0.05, 0) is 61.7 Å². The van der Waals surface area contributed by atoms with Crippen molar-refractivity contribution in [2.45, 2.75) is 25.4 Å². The molecule has 2 aromatic carbocycles. The number of rotatable bonds is 4. The molecule has 1 aliphatic rings. The van der Waals surface area contributed by atoms with Gasteiger partial charge in [0.25, 0.3) is 0 Å². The van der Waals surface area contributed by atoms with Crippen LogP contribution >= 0.6 is 24.0 Å². The van der Waals surface area contributed by atoms with Gasteiger partial charge in [0.15, 0.2) is 0 Å². The fraction of sp³-hybridized carbons (Fsp3) is 0.333. The topological polar surface area (TPSA) is 21.3 Å². The predicted octanol–water partition coefficient (Wildman–Crippen LogP) is 4.95. The van der Waals surface area contributed by atoms with Crippen LogP contribution in [0.5, 0.6) is 5.75 Å². The van der Waals surface area contributed by atoms with Crippen molar-refractivity contribution in [3.05, 3.63) is 64.4 Å². The van der Waals surface area contributed by atoms with Crippen molar-refractivity contribution in [3.8, 4) is 5.75 Å². The Morgan fingerprint density at radius 1 is 1.13 bits per heavy atom. The molecule has 0 spiro atoms. The van der Waals surface area contributed by atoms with Crippen LogP contribution in [0.1, 0.15) is 29.9 Å². The highest BCUT2D eigenvalue weighted by Crippen LogP contribution is 2.28. The molecule has 1 N–H and O–H groups in total. The minimum Gasteiger partial charge on any atom is -0.489 e. The van der Waals surface area contributed by atoms with E-state index in [4.69, 9.17) is 16.3 Å². The number of hydrogen-bond acceptors (Lipinski definition) is 2. The predicted molar refractivity (Wildman–Crippen MR) is 94.3 cm³/mol. The third kappa shape index (κ3) is 4.84. The van der Waals surface area contributed by atoms with E-state index in [1.165, 1.54) is 11.6 Å². The second-order valence-corrected chi connectivity index (χ2v) is 6.06. The monoisotopic (exact) mass is 355 g/mol. The first-order valence-electron chi connectivity index (χ1n) is 7.60. The largest absolute Gasteiger partial charge is 0.489 e. The second kappa shape index (κ2) is 8.53. The zero-order chi connectivity index (χ0) is 15.4. The molecule has 0 radical (unpaired) electrons. The summed E-state index contributed by atoms with van der Waals surface area (Å²) in [4.78, 5) is 0. The van der Waals surface area contributed by atoms with E-state index in [0.717, 1.165) is 31.7 Å². The molecule has 1 heterocycles. The lowest BCUT2D eigenvalue weighted by molar-refractivity contribution is 0.299. The SMILES string of the molecule is Cl.Fc1cc(Cl)ccc1COc1cccc(C2CCNCC2)c1. The average molecular weight is 356 g/mol. The molecule has 1 fully saturated rings. The zero-order valence-electron chi connectivity index (χ0n) is 12.7. The Kier molecular flexibility index (Phi) is 6.70. The van der Waals surface area contributed by atoms with Gasteiger partial charge in [-0.25, -0.2) is 4.39 Å². The molecule has 3 rings (SSSR count). The number of halogens is 3. The van der Waals surface area contributed by atoms with Gasteiger partial charge < -0.3 is 10.1 Å². The first-order valence-corrected chi connectivity index (χ1v) is 7.97. The third-order valence-corrected chi connectivity index (χ3v) is 4.31. The molecule has 23 heavy (non-hydrogen) atoms. The average Bonchev–Trinajstić information content (AvgIpc) is 2.55. The maximum atomic E-state index is 13.8. The van der Waals surface area contributed by atoms with Gasteiger partial charge >= 0.3 is 0 Å². The number of benzene rings is 2. The molecule has 0 aliphatic carbocycles. The Morgan fingerprint density at radius 3 is 2.65 bits per heavy atom. The highest BCUT2D eigenvalue weighted by atomic mass is 35.5. The molecule has 2 nitrogen and oxygen atoms in total. The molecular formula is C18H20Cl2FNO. The van der Waals surface area contributed by atoms with Gasteiger partial charge in [-0.1, -0.05) is 29.8 Å². The van der Waals surface area contributed by atoms with Crippen LogP contribution in [0, 0.1) is 5.82 Å². The van der Waals surface area contributed by atoms with E-state index in [9.17, 15) is 4.39 Å². The van der Waals surface area contributed by atoms with Crippen molar-refractivity contribution in [2.75, 3.05) is 13.1 Å². The quantitative estimate of drug-likeness (QED) is 0.837. The van der Waals surface area contributed by atoms with Crippen molar-refractivity contribution in [3.63, 3.8) is 0 Å². The van der Waals surface area contributed by atoms with Gasteiger partial charge in [0.1, 0.15) is 18.2 Å². The van der Waals surface area contributed by atoms with Crippen LogP contribution in [0.15, 0.2) is 42.5 Å². The van der Waals surface area contributed by atoms with E-state index < -0.39 is 0 Å². The smallest absolute Gasteiger partial charge is 0.131 e. The lowest BCUT2D eigenvalue weighted by Crippen LogP contribution is -2.26. The Labute approximate surface area is 147 Å². The first-order chi connectivity index (χ1) is 10.7. The van der Waals surface area contributed by atoms with Crippen LogP contribution in [-0.4, -0.2) is 13.1 Å². The molecule has 5 heteroatoms. The molecule has 0 atom stereocenters. The van der Waals surface area contributed by atoms with Gasteiger partial charge in [0.2, 0.25) is 0 Å². The highest BCUT2D eigenvalue weighted by molar-refractivity contribution is 6.30. The van der Waals surface area contributed by atoms with E-state index in [0.29, 0.717) is 16.5 Å². The maximum Gasteiger partial charge on any atom is 0.131 e. The minimum atomic E-state index is -0.331. The van der Waals surface area contributed by atoms with Crippen LogP contribution in [0.3, 0.4) is 0 Å². The summed E-state index contributed by atoms with van der Waals surface area (Å²) < 4.78 is 19.5. The van der Waals surface area contributed by atoms with E-state index >= 15 is 0 Å². The van der Waals surface area contributed by atoms with Gasteiger partial charge in [-0.15, -0.1) is 12.4 Å². The molecule has 1 aliphatic heterocycles. The molecule has 0 bridgehead atoms. The lowest BCUT2D eigenvalue weighted by Gasteiger charge is -2.23. The van der Waals surface area contributed by atoms with E-state index in [2.05, 4.69) is 17.4 Å². The zero-order valence-corrected chi connectivity index (χ0v) is 14.3. The summed E-state index contributed by atoms with van der Waals surface area (Å²) >= 11 is 5.75. The van der Waals surface area contributed by atoms with Crippen LogP contribution < -0.4 is 10.1 Å². The Bertz CT molecular complexity index is 645. The molecule has 0 unspecified atom stereocenters. The van der Waals surface area contributed by atoms with Gasteiger partial charge in [-0.2, -0.15) is 0 Å². The standard InChI is InChI=1S/C18H19ClFNO.ClH/c19-16-5-4-15(18(20)11-16)12-22-17-3-1-2-14(10-17)13-6-8-21-9-7-13;/h1-5,10-11,13,21H,6-9,12H2;1H. The van der Waals surface area contributed by atoms with Crippen molar-refractivity contribution >= 4 is 24.0 Å². The summed E-state index contributed by atoms with van der Waals surface area (Å²) in [6.07, 6.45) is 2.30. The number of hydrogen-bond donors (Lipinski definition) is 1. The highest BCUT2D eigenvalue weighted by Gasteiger charge is 2.15. The van der Waals surface area contributed by atoms with Crippen LogP contribution in [0.2, 0.25) is 5.02 Å². The summed E-state index contributed by atoms with van der Waals surface area (Å²) in [5.41, 5.74) is 1.81. The Balaban J connectivity index is 0.00000192. The number of nitrogens with one attached hydrogen (secondary N) is 1. The summed E-state index contributed by atoms with van der Waals surface area (Å²) in [6, 6.07) is 12.8. The Hall–Kier alpha value is -1.29. The van der Waals surface area contributed by atoms with Gasteiger partial charge in [0.05, 0.1) is 0 Å². The summed E-state index contributed by atoms with van der Waals surface area (Å²) in [7, 11) is 0. The van der Waals surface area contributed by atoms with E-state index in [-0.39, 0.29) is 24.8 Å². The van der Waals surface area contributed by atoms with Crippen LogP contribution in [-0.2, 0) is 6.61 Å². The van der Waals surface area contributed by atoms with Crippen molar-refractivity contribution < 1.29 is 9.13 Å². The molecule has 0 amide bonds. The number of piperidine rings is 1. The second-order valence-electron chi connectivity index (χ2n) is 5.62. The van der Waals surface area contributed by atoms with Crippen molar-refractivity contribution in [2.24, 2.45) is 0 Å². The molecule has 0 saturated carbocycles. The van der Waals surface area contributed by atoms with Crippen LogP contribution in [0.4, 0.5) is 4.39 Å². The first kappa shape index (κ1) is 18.1. The summed E-state index contributed by atoms with van der Waals surface area (Å²) in [5, 5.41) is 3.77. The van der Waals surface area contributed by atoms with E-state index in [1.54, 1.807) is 12.1 Å². The van der Waals surface area contributed by atoms with Gasteiger partial charge in [-0.3, -0.25) is 0 Å². The fourth-order valence-electron chi connectivity index (χ4n) is 2.81. The summed E-state index contributed by atoms with van der Waals surface area (Å²) in [6.45, 7) is 2.33. The van der Waals surface area contributed by atoms with Gasteiger partial charge in [0, 0.05) is 10.6 Å². The molecule has 2 aromatic rings. The lowest BCUT2D eigenvalue weighted by atomic mass is 9.90. The molecule has 124 valence electrons. The normalized spacial score (nSPS) is 15.0. The minimum absolute atomic E-state index is 0. The molecule has 0 aromatic heterocycles. The maximum absolute atomic E-state index is 13.8.